The molecule has 2 aromatic carbocycles. The van der Waals surface area contributed by atoms with E-state index in [0.29, 0.717) is 12.8 Å². The minimum absolute atomic E-state index is 0.0797. The molecular weight excluding hydrogens is 321 g/mol. The van der Waals surface area contributed by atoms with Gasteiger partial charge in [-0.15, -0.1) is 0 Å². The molecule has 0 aromatic heterocycles. The summed E-state index contributed by atoms with van der Waals surface area (Å²) in [5.41, 5.74) is 0.907. The van der Waals surface area contributed by atoms with Gasteiger partial charge in [0.25, 0.3) is 5.91 Å². The Balaban J connectivity index is 1.81. The van der Waals surface area contributed by atoms with E-state index in [1.54, 1.807) is 0 Å². The molecule has 1 heterocycles. The van der Waals surface area contributed by atoms with E-state index in [1.807, 2.05) is 36.4 Å². The number of rotatable bonds is 3. The summed E-state index contributed by atoms with van der Waals surface area (Å²) in [7, 11) is 0. The van der Waals surface area contributed by atoms with Gasteiger partial charge in [-0.25, -0.2) is 4.39 Å². The van der Waals surface area contributed by atoms with Crippen molar-refractivity contribution in [1.82, 2.24) is 10.6 Å². The smallest absolute Gasteiger partial charge is 0.254 e. The minimum atomic E-state index is -0.743. The van der Waals surface area contributed by atoms with Gasteiger partial charge in [0.1, 0.15) is 5.82 Å². The highest BCUT2D eigenvalue weighted by atomic mass is 19.1. The Hall–Kier alpha value is -3.20. The van der Waals surface area contributed by atoms with Crippen LogP contribution >= 0.6 is 0 Å². The first-order valence-corrected chi connectivity index (χ1v) is 7.93. The fourth-order valence-electron chi connectivity index (χ4n) is 2.95. The number of halogens is 1. The van der Waals surface area contributed by atoms with Crippen molar-refractivity contribution in [2.24, 2.45) is 0 Å². The maximum Gasteiger partial charge on any atom is 0.254 e. The van der Waals surface area contributed by atoms with Crippen molar-refractivity contribution < 1.29 is 14.0 Å². The van der Waals surface area contributed by atoms with Crippen LogP contribution in [0.25, 0.3) is 0 Å². The molecule has 0 bridgehead atoms. The Morgan fingerprint density at radius 3 is 2.68 bits per heavy atom. The molecule has 0 aliphatic carbocycles. The summed E-state index contributed by atoms with van der Waals surface area (Å²) >= 11 is 0. The number of carbonyl (C=O) groups is 2. The quantitative estimate of drug-likeness (QED) is 0.902. The van der Waals surface area contributed by atoms with Crippen LogP contribution < -0.4 is 10.6 Å². The molecule has 3 rings (SSSR count). The Labute approximate surface area is 144 Å². The largest absolute Gasteiger partial charge is 0.347 e. The van der Waals surface area contributed by atoms with E-state index in [9.17, 15) is 14.0 Å². The lowest BCUT2D eigenvalue weighted by molar-refractivity contribution is -0.123. The number of nitrogens with zero attached hydrogens (tertiary/aromatic N) is 1. The van der Waals surface area contributed by atoms with Crippen LogP contribution in [0.5, 0.6) is 0 Å². The van der Waals surface area contributed by atoms with E-state index >= 15 is 0 Å². The van der Waals surface area contributed by atoms with Gasteiger partial charge in [-0.2, -0.15) is 5.26 Å². The molecule has 5 nitrogen and oxygen atoms in total. The van der Waals surface area contributed by atoms with Crippen LogP contribution in [0.3, 0.4) is 0 Å². The van der Waals surface area contributed by atoms with Gasteiger partial charge in [0.05, 0.1) is 29.3 Å². The third-order valence-corrected chi connectivity index (χ3v) is 4.22. The topological polar surface area (TPSA) is 82.0 Å². The first kappa shape index (κ1) is 16.7. The van der Waals surface area contributed by atoms with E-state index in [2.05, 4.69) is 10.6 Å². The summed E-state index contributed by atoms with van der Waals surface area (Å²) in [5, 5.41) is 14.5. The van der Waals surface area contributed by atoms with Crippen molar-refractivity contribution in [3.05, 3.63) is 71.0 Å². The second-order valence-electron chi connectivity index (χ2n) is 5.88. The van der Waals surface area contributed by atoms with Gasteiger partial charge < -0.3 is 10.6 Å². The number of hydrogen-bond donors (Lipinski definition) is 2. The van der Waals surface area contributed by atoms with E-state index in [4.69, 9.17) is 5.26 Å². The second kappa shape index (κ2) is 7.14. The van der Waals surface area contributed by atoms with E-state index in [-0.39, 0.29) is 29.1 Å². The molecule has 126 valence electrons. The molecule has 2 amide bonds. The molecule has 2 atom stereocenters. The molecule has 0 radical (unpaired) electrons. The van der Waals surface area contributed by atoms with Gasteiger partial charge in [-0.1, -0.05) is 30.3 Å². The summed E-state index contributed by atoms with van der Waals surface area (Å²) in [6.45, 7) is 0. The minimum Gasteiger partial charge on any atom is -0.347 e. The summed E-state index contributed by atoms with van der Waals surface area (Å²) in [6.07, 6.45) is 0.763. The van der Waals surface area contributed by atoms with Crippen molar-refractivity contribution in [2.45, 2.75) is 24.9 Å². The number of amides is 2. The number of benzene rings is 2. The number of carbonyl (C=O) groups excluding carboxylic acids is 2. The van der Waals surface area contributed by atoms with Gasteiger partial charge in [0.2, 0.25) is 5.91 Å². The Kier molecular flexibility index (Phi) is 4.75. The molecule has 0 saturated carbocycles. The molecular formula is C19H16FN3O2. The van der Waals surface area contributed by atoms with Crippen LogP contribution in [0.1, 0.15) is 40.4 Å². The van der Waals surface area contributed by atoms with E-state index in [0.717, 1.165) is 11.6 Å². The number of piperidine rings is 1. The molecule has 25 heavy (non-hydrogen) atoms. The average Bonchev–Trinajstić information content (AvgIpc) is 2.63. The normalized spacial score (nSPS) is 19.6. The predicted octanol–water partition coefficient (Wildman–Crippen LogP) is 2.45. The third kappa shape index (κ3) is 3.66. The fourth-order valence-corrected chi connectivity index (χ4v) is 2.95. The van der Waals surface area contributed by atoms with Crippen LogP contribution in [0.2, 0.25) is 0 Å². The van der Waals surface area contributed by atoms with Crippen molar-refractivity contribution in [2.75, 3.05) is 0 Å². The van der Waals surface area contributed by atoms with Crippen LogP contribution in [-0.2, 0) is 4.79 Å². The summed E-state index contributed by atoms with van der Waals surface area (Å²) in [4.78, 5) is 24.2. The maximum atomic E-state index is 14.0. The van der Waals surface area contributed by atoms with Gasteiger partial charge in [-0.05, 0) is 30.2 Å². The van der Waals surface area contributed by atoms with Gasteiger partial charge in [0, 0.05) is 6.42 Å². The van der Waals surface area contributed by atoms with Crippen LogP contribution in [0, 0.1) is 17.1 Å². The van der Waals surface area contributed by atoms with Crippen molar-refractivity contribution in [3.63, 3.8) is 0 Å². The summed E-state index contributed by atoms with van der Waals surface area (Å²) in [5.74, 6) is -1.39. The van der Waals surface area contributed by atoms with Crippen LogP contribution in [0.4, 0.5) is 4.39 Å². The Morgan fingerprint density at radius 2 is 2.00 bits per heavy atom. The zero-order chi connectivity index (χ0) is 17.8. The number of nitriles is 1. The molecule has 2 aromatic rings. The summed E-state index contributed by atoms with van der Waals surface area (Å²) in [6, 6.07) is 14.2. The number of hydrogen-bond acceptors (Lipinski definition) is 3. The number of nitrogens with one attached hydrogen (secondary N) is 2. The highest BCUT2D eigenvalue weighted by molar-refractivity contribution is 5.95. The average molecular weight is 337 g/mol. The Bertz CT molecular complexity index is 845. The predicted molar refractivity (Wildman–Crippen MR) is 88.9 cm³/mol. The molecule has 2 N–H and O–H groups in total. The SMILES string of the molecule is N#Cc1ccc(C(=O)N[C@@H]2CCC(=O)N[C@H]2c2ccccc2)c(F)c1. The maximum absolute atomic E-state index is 14.0. The van der Waals surface area contributed by atoms with Crippen molar-refractivity contribution in [3.8, 4) is 6.07 Å². The zero-order valence-corrected chi connectivity index (χ0v) is 13.3. The van der Waals surface area contributed by atoms with Crippen molar-refractivity contribution >= 4 is 11.8 Å². The van der Waals surface area contributed by atoms with Gasteiger partial charge in [0.15, 0.2) is 0 Å². The van der Waals surface area contributed by atoms with E-state index < -0.39 is 11.7 Å². The monoisotopic (exact) mass is 337 g/mol. The Morgan fingerprint density at radius 1 is 1.24 bits per heavy atom. The first-order valence-electron chi connectivity index (χ1n) is 7.93. The fraction of sp³-hybridized carbons (Fsp3) is 0.211. The lowest BCUT2D eigenvalue weighted by Crippen LogP contribution is -2.50. The second-order valence-corrected chi connectivity index (χ2v) is 5.88. The molecule has 0 spiro atoms. The molecule has 1 aliphatic heterocycles. The lowest BCUT2D eigenvalue weighted by atomic mass is 9.91. The van der Waals surface area contributed by atoms with Crippen molar-refractivity contribution in [1.29, 1.82) is 5.26 Å². The molecule has 0 unspecified atom stereocenters. The van der Waals surface area contributed by atoms with Gasteiger partial charge >= 0.3 is 0 Å². The first-order chi connectivity index (χ1) is 12.1. The zero-order valence-electron chi connectivity index (χ0n) is 13.3. The highest BCUT2D eigenvalue weighted by Gasteiger charge is 2.31. The summed E-state index contributed by atoms with van der Waals surface area (Å²) < 4.78 is 14.0. The van der Waals surface area contributed by atoms with E-state index in [1.165, 1.54) is 12.1 Å². The molecule has 6 heteroatoms. The molecule has 1 saturated heterocycles. The highest BCUT2D eigenvalue weighted by Crippen LogP contribution is 2.24. The molecule has 1 aliphatic rings. The van der Waals surface area contributed by atoms with Crippen LogP contribution in [0.15, 0.2) is 48.5 Å². The van der Waals surface area contributed by atoms with Gasteiger partial charge in [-0.3, -0.25) is 9.59 Å². The lowest BCUT2D eigenvalue weighted by Gasteiger charge is -2.33. The van der Waals surface area contributed by atoms with Crippen LogP contribution in [-0.4, -0.2) is 17.9 Å². The molecule has 1 fully saturated rings. The third-order valence-electron chi connectivity index (χ3n) is 4.22. The standard InChI is InChI=1S/C19H16FN3O2/c20-15-10-12(11-21)6-7-14(15)19(25)22-16-8-9-17(24)23-18(16)13-4-2-1-3-5-13/h1-7,10,16,18H,8-9H2,(H,22,25)(H,23,24)/t16-,18+/m1/s1.